The smallest absolute Gasteiger partial charge is 0.325 e. The van der Waals surface area contributed by atoms with Gasteiger partial charge in [-0.05, 0) is 47.5 Å². The standard InChI is InChI=1S/C17H24BrNO4/c1-3-5-6-7-10-23-15-9-8-13(11-14(15)18)17(21)19-12-16(20)22-4-2/h8-9,11H,3-7,10,12H2,1-2H3,(H,19,21). The van der Waals surface area contributed by atoms with Crippen LogP contribution in [0.25, 0.3) is 0 Å². The molecule has 0 radical (unpaired) electrons. The molecule has 1 aromatic rings. The van der Waals surface area contributed by atoms with Gasteiger partial charge in [0.2, 0.25) is 0 Å². The van der Waals surface area contributed by atoms with Gasteiger partial charge in [-0.1, -0.05) is 26.2 Å². The maximum Gasteiger partial charge on any atom is 0.325 e. The van der Waals surface area contributed by atoms with E-state index in [1.165, 1.54) is 12.8 Å². The van der Waals surface area contributed by atoms with Crippen molar-refractivity contribution in [2.45, 2.75) is 39.5 Å². The highest BCUT2D eigenvalue weighted by Gasteiger charge is 2.11. The molecular formula is C17H24BrNO4. The maximum absolute atomic E-state index is 12.0. The Hall–Kier alpha value is -1.56. The van der Waals surface area contributed by atoms with Gasteiger partial charge in [0, 0.05) is 5.56 Å². The van der Waals surface area contributed by atoms with Crippen molar-refractivity contribution in [3.8, 4) is 5.75 Å². The van der Waals surface area contributed by atoms with Crippen molar-refractivity contribution in [1.82, 2.24) is 5.32 Å². The molecule has 6 heteroatoms. The minimum Gasteiger partial charge on any atom is -0.492 e. The molecule has 0 spiro atoms. The van der Waals surface area contributed by atoms with Gasteiger partial charge in [-0.25, -0.2) is 0 Å². The van der Waals surface area contributed by atoms with E-state index >= 15 is 0 Å². The largest absolute Gasteiger partial charge is 0.492 e. The molecule has 0 fully saturated rings. The Labute approximate surface area is 145 Å². The number of carbonyl (C=O) groups excluding carboxylic acids is 2. The average Bonchev–Trinajstić information content (AvgIpc) is 2.54. The highest BCUT2D eigenvalue weighted by molar-refractivity contribution is 9.10. The molecule has 128 valence electrons. The zero-order valence-electron chi connectivity index (χ0n) is 13.7. The first-order chi connectivity index (χ1) is 11.1. The average molecular weight is 386 g/mol. The second-order valence-corrected chi connectivity index (χ2v) is 5.90. The maximum atomic E-state index is 12.0. The van der Waals surface area contributed by atoms with E-state index in [1.807, 2.05) is 0 Å². The molecule has 0 aliphatic heterocycles. The van der Waals surface area contributed by atoms with E-state index in [2.05, 4.69) is 28.2 Å². The van der Waals surface area contributed by atoms with E-state index in [0.29, 0.717) is 24.5 Å². The highest BCUT2D eigenvalue weighted by Crippen LogP contribution is 2.26. The zero-order chi connectivity index (χ0) is 17.1. The fourth-order valence-corrected chi connectivity index (χ4v) is 2.43. The van der Waals surface area contributed by atoms with Gasteiger partial charge in [-0.3, -0.25) is 9.59 Å². The third-order valence-electron chi connectivity index (χ3n) is 3.15. The Kier molecular flexibility index (Phi) is 9.36. The number of nitrogens with one attached hydrogen (secondary N) is 1. The van der Waals surface area contributed by atoms with Crippen LogP contribution in [-0.4, -0.2) is 31.6 Å². The second-order valence-electron chi connectivity index (χ2n) is 5.04. The zero-order valence-corrected chi connectivity index (χ0v) is 15.3. The van der Waals surface area contributed by atoms with Crippen LogP contribution >= 0.6 is 15.9 Å². The number of hydrogen-bond donors (Lipinski definition) is 1. The van der Waals surface area contributed by atoms with Crippen molar-refractivity contribution in [3.63, 3.8) is 0 Å². The Morgan fingerprint density at radius 1 is 1.17 bits per heavy atom. The summed E-state index contributed by atoms with van der Waals surface area (Å²) in [5, 5.41) is 2.52. The fourth-order valence-electron chi connectivity index (χ4n) is 1.94. The van der Waals surface area contributed by atoms with E-state index in [9.17, 15) is 9.59 Å². The topological polar surface area (TPSA) is 64.6 Å². The van der Waals surface area contributed by atoms with Gasteiger partial charge in [0.15, 0.2) is 0 Å². The molecule has 1 N–H and O–H groups in total. The predicted molar refractivity (Wildman–Crippen MR) is 92.7 cm³/mol. The van der Waals surface area contributed by atoms with E-state index in [0.717, 1.165) is 17.3 Å². The normalized spacial score (nSPS) is 10.2. The number of halogens is 1. The fraction of sp³-hybridized carbons (Fsp3) is 0.529. The molecule has 0 aliphatic rings. The van der Waals surface area contributed by atoms with Crippen molar-refractivity contribution in [2.24, 2.45) is 0 Å². The van der Waals surface area contributed by atoms with Crippen LogP contribution in [0, 0.1) is 0 Å². The SMILES string of the molecule is CCCCCCOc1ccc(C(=O)NCC(=O)OCC)cc1Br. The summed E-state index contributed by atoms with van der Waals surface area (Å²) >= 11 is 3.41. The van der Waals surface area contributed by atoms with Gasteiger partial charge < -0.3 is 14.8 Å². The van der Waals surface area contributed by atoms with Crippen molar-refractivity contribution in [3.05, 3.63) is 28.2 Å². The predicted octanol–water partition coefficient (Wildman–Crippen LogP) is 3.70. The third-order valence-corrected chi connectivity index (χ3v) is 3.77. The number of hydrogen-bond acceptors (Lipinski definition) is 4. The summed E-state index contributed by atoms with van der Waals surface area (Å²) in [6.07, 6.45) is 4.58. The lowest BCUT2D eigenvalue weighted by Crippen LogP contribution is -2.30. The molecule has 1 aromatic carbocycles. The number of esters is 1. The Morgan fingerprint density at radius 2 is 1.96 bits per heavy atom. The lowest BCUT2D eigenvalue weighted by atomic mass is 10.2. The van der Waals surface area contributed by atoms with Gasteiger partial charge in [0.25, 0.3) is 5.91 Å². The summed E-state index contributed by atoms with van der Waals surface area (Å²) in [5.74, 6) is -0.0661. The summed E-state index contributed by atoms with van der Waals surface area (Å²) in [6, 6.07) is 5.11. The molecule has 0 atom stereocenters. The highest BCUT2D eigenvalue weighted by atomic mass is 79.9. The van der Waals surface area contributed by atoms with Crippen LogP contribution in [-0.2, 0) is 9.53 Å². The van der Waals surface area contributed by atoms with Crippen molar-refractivity contribution in [1.29, 1.82) is 0 Å². The summed E-state index contributed by atoms with van der Waals surface area (Å²) in [6.45, 7) is 4.71. The Bertz CT molecular complexity index is 519. The van der Waals surface area contributed by atoms with Crippen LogP contribution < -0.4 is 10.1 Å². The molecule has 5 nitrogen and oxygen atoms in total. The van der Waals surface area contributed by atoms with E-state index in [-0.39, 0.29) is 12.5 Å². The number of rotatable bonds is 10. The van der Waals surface area contributed by atoms with E-state index < -0.39 is 5.97 Å². The molecule has 0 heterocycles. The first-order valence-electron chi connectivity index (χ1n) is 7.94. The Morgan fingerprint density at radius 3 is 2.61 bits per heavy atom. The van der Waals surface area contributed by atoms with Crippen LogP contribution in [0.3, 0.4) is 0 Å². The first-order valence-corrected chi connectivity index (χ1v) is 8.74. The molecular weight excluding hydrogens is 362 g/mol. The molecule has 1 rings (SSSR count). The van der Waals surface area contributed by atoms with E-state index in [4.69, 9.17) is 9.47 Å². The van der Waals surface area contributed by atoms with Crippen LogP contribution in [0.5, 0.6) is 5.75 Å². The van der Waals surface area contributed by atoms with Gasteiger partial charge >= 0.3 is 5.97 Å². The van der Waals surface area contributed by atoms with Gasteiger partial charge in [-0.2, -0.15) is 0 Å². The van der Waals surface area contributed by atoms with Crippen LogP contribution in [0.2, 0.25) is 0 Å². The number of carbonyl (C=O) groups is 2. The monoisotopic (exact) mass is 385 g/mol. The van der Waals surface area contributed by atoms with Crippen molar-refractivity contribution in [2.75, 3.05) is 19.8 Å². The molecule has 0 saturated carbocycles. The first kappa shape index (κ1) is 19.5. The summed E-state index contributed by atoms with van der Waals surface area (Å²) in [7, 11) is 0. The minimum absolute atomic E-state index is 0.139. The second kappa shape index (κ2) is 11.0. The van der Waals surface area contributed by atoms with Gasteiger partial charge in [0.1, 0.15) is 12.3 Å². The third kappa shape index (κ3) is 7.50. The van der Waals surface area contributed by atoms with E-state index in [1.54, 1.807) is 25.1 Å². The van der Waals surface area contributed by atoms with Gasteiger partial charge in [-0.15, -0.1) is 0 Å². The summed E-state index contributed by atoms with van der Waals surface area (Å²) in [4.78, 5) is 23.2. The lowest BCUT2D eigenvalue weighted by Gasteiger charge is -2.10. The number of benzene rings is 1. The molecule has 23 heavy (non-hydrogen) atoms. The minimum atomic E-state index is -0.452. The van der Waals surface area contributed by atoms with Crippen LogP contribution in [0.4, 0.5) is 0 Å². The molecule has 0 saturated heterocycles. The van der Waals surface area contributed by atoms with Crippen LogP contribution in [0.1, 0.15) is 49.9 Å². The Balaban J connectivity index is 2.48. The number of unbranched alkanes of at least 4 members (excludes halogenated alkanes) is 3. The number of amides is 1. The quantitative estimate of drug-likeness (QED) is 0.492. The summed E-state index contributed by atoms with van der Waals surface area (Å²) in [5.41, 5.74) is 0.458. The lowest BCUT2D eigenvalue weighted by molar-refractivity contribution is -0.141. The molecule has 0 unspecified atom stereocenters. The van der Waals surface area contributed by atoms with Crippen LogP contribution in [0.15, 0.2) is 22.7 Å². The molecule has 0 aliphatic carbocycles. The molecule has 0 aromatic heterocycles. The van der Waals surface area contributed by atoms with Crippen molar-refractivity contribution >= 4 is 27.8 Å². The molecule has 0 bridgehead atoms. The van der Waals surface area contributed by atoms with Gasteiger partial charge in [0.05, 0.1) is 17.7 Å². The van der Waals surface area contributed by atoms with Crippen molar-refractivity contribution < 1.29 is 19.1 Å². The summed E-state index contributed by atoms with van der Waals surface area (Å²) < 4.78 is 11.2. The number of ether oxygens (including phenoxy) is 2. The molecule has 1 amide bonds.